The third kappa shape index (κ3) is 6.41. The van der Waals surface area contributed by atoms with E-state index in [-0.39, 0.29) is 6.42 Å². The number of aryl methyl sites for hydroxylation is 1. The van der Waals surface area contributed by atoms with E-state index in [4.69, 9.17) is 5.73 Å². The molecule has 0 aliphatic heterocycles. The van der Waals surface area contributed by atoms with Gasteiger partial charge in [0.1, 0.15) is 5.82 Å². The molecule has 0 aliphatic rings. The maximum Gasteiger partial charge on any atom is 0.321 e. The highest BCUT2D eigenvalue weighted by Crippen LogP contribution is 2.21. The number of urea groups is 1. The van der Waals surface area contributed by atoms with Gasteiger partial charge in [-0.1, -0.05) is 42.1 Å². The lowest BCUT2D eigenvalue weighted by atomic mass is 10.2. The molecule has 4 N–H and O–H groups in total. The zero-order chi connectivity index (χ0) is 19.8. The van der Waals surface area contributed by atoms with Gasteiger partial charge in [-0.05, 0) is 12.5 Å². The molecule has 1 aromatic carbocycles. The maximum absolute atomic E-state index is 12.2. The largest absolute Gasteiger partial charge is 0.370 e. The monoisotopic (exact) mass is 390 g/mol. The van der Waals surface area contributed by atoms with E-state index in [9.17, 15) is 14.4 Å². The zero-order valence-electron chi connectivity index (χ0n) is 15.1. The second kappa shape index (κ2) is 9.72. The van der Waals surface area contributed by atoms with Gasteiger partial charge in [0.25, 0.3) is 0 Å². The molecule has 0 spiro atoms. The molecular weight excluding hydrogens is 368 g/mol. The van der Waals surface area contributed by atoms with Gasteiger partial charge in [-0.3, -0.25) is 14.9 Å². The highest BCUT2D eigenvalue weighted by atomic mass is 32.2. The summed E-state index contributed by atoms with van der Waals surface area (Å²) in [6, 6.07) is 8.83. The minimum absolute atomic E-state index is 0.175. The molecule has 4 amide bonds. The van der Waals surface area contributed by atoms with Gasteiger partial charge in [-0.15, -0.1) is 10.2 Å². The fourth-order valence-corrected chi connectivity index (χ4v) is 2.98. The molecule has 10 heteroatoms. The molecular formula is C17H22N6O3S. The third-order valence-electron chi connectivity index (χ3n) is 3.70. The maximum atomic E-state index is 12.2. The first-order valence-electron chi connectivity index (χ1n) is 8.32. The van der Waals surface area contributed by atoms with Crippen LogP contribution in [0.2, 0.25) is 0 Å². The van der Waals surface area contributed by atoms with E-state index < -0.39 is 23.1 Å². The van der Waals surface area contributed by atoms with Crippen LogP contribution in [0, 0.1) is 0 Å². The van der Waals surface area contributed by atoms with Gasteiger partial charge in [0.15, 0.2) is 5.16 Å². The van der Waals surface area contributed by atoms with Crippen LogP contribution >= 0.6 is 11.8 Å². The summed E-state index contributed by atoms with van der Waals surface area (Å²) in [7, 11) is 1.75. The molecule has 9 nitrogen and oxygen atoms in total. The SMILES string of the molecule is C[C@H](Sc1nnc(CCC(N)=O)n1C)C(=O)NC(=O)NCc1ccccc1. The molecule has 0 saturated heterocycles. The summed E-state index contributed by atoms with van der Waals surface area (Å²) in [5, 5.41) is 12.9. The number of thioether (sulfide) groups is 1. The van der Waals surface area contributed by atoms with Crippen LogP contribution in [0.3, 0.4) is 0 Å². The Balaban J connectivity index is 1.82. The summed E-state index contributed by atoms with van der Waals surface area (Å²) in [4.78, 5) is 34.9. The van der Waals surface area contributed by atoms with Gasteiger partial charge in [0.05, 0.1) is 5.25 Å². The Bertz CT molecular complexity index is 808. The van der Waals surface area contributed by atoms with Crippen LogP contribution in [0.15, 0.2) is 35.5 Å². The van der Waals surface area contributed by atoms with Crippen molar-refractivity contribution < 1.29 is 14.4 Å². The van der Waals surface area contributed by atoms with Gasteiger partial charge in [0.2, 0.25) is 11.8 Å². The van der Waals surface area contributed by atoms with Crippen molar-refractivity contribution in [3.63, 3.8) is 0 Å². The van der Waals surface area contributed by atoms with Gasteiger partial charge >= 0.3 is 6.03 Å². The van der Waals surface area contributed by atoms with Crippen LogP contribution < -0.4 is 16.4 Å². The second-order valence-corrected chi connectivity index (χ2v) is 7.15. The number of hydrogen-bond acceptors (Lipinski definition) is 6. The number of nitrogens with two attached hydrogens (primary N) is 1. The molecule has 1 atom stereocenters. The van der Waals surface area contributed by atoms with Crippen LogP contribution in [0.4, 0.5) is 4.79 Å². The lowest BCUT2D eigenvalue weighted by Crippen LogP contribution is -2.42. The smallest absolute Gasteiger partial charge is 0.321 e. The molecule has 0 aliphatic carbocycles. The molecule has 0 radical (unpaired) electrons. The number of nitrogens with zero attached hydrogens (tertiary/aromatic N) is 3. The summed E-state index contributed by atoms with van der Waals surface area (Å²) in [6.07, 6.45) is 0.552. The second-order valence-electron chi connectivity index (χ2n) is 5.84. The minimum Gasteiger partial charge on any atom is -0.370 e. The molecule has 2 aromatic rings. The highest BCUT2D eigenvalue weighted by Gasteiger charge is 2.20. The topological polar surface area (TPSA) is 132 Å². The number of nitrogens with one attached hydrogen (secondary N) is 2. The zero-order valence-corrected chi connectivity index (χ0v) is 16.0. The Morgan fingerprint density at radius 3 is 2.59 bits per heavy atom. The van der Waals surface area contributed by atoms with E-state index in [1.807, 2.05) is 30.3 Å². The van der Waals surface area contributed by atoms with Crippen LogP contribution in [0.25, 0.3) is 0 Å². The number of benzene rings is 1. The summed E-state index contributed by atoms with van der Waals surface area (Å²) < 4.78 is 1.70. The lowest BCUT2D eigenvalue weighted by molar-refractivity contribution is -0.119. The molecule has 144 valence electrons. The number of imide groups is 1. The minimum atomic E-state index is -0.559. The molecule has 0 fully saturated rings. The fraction of sp³-hybridized carbons (Fsp3) is 0.353. The van der Waals surface area contributed by atoms with Crippen LogP contribution in [0.5, 0.6) is 0 Å². The summed E-state index contributed by atoms with van der Waals surface area (Å²) in [6.45, 7) is 2.00. The Hall–Kier alpha value is -2.88. The summed E-state index contributed by atoms with van der Waals surface area (Å²) in [5.74, 6) is -0.252. The predicted octanol–water partition coefficient (Wildman–Crippen LogP) is 0.740. The number of carbonyl (C=O) groups is 3. The van der Waals surface area contributed by atoms with E-state index >= 15 is 0 Å². The Kier molecular flexibility index (Phi) is 7.35. The highest BCUT2D eigenvalue weighted by molar-refractivity contribution is 8.00. The predicted molar refractivity (Wildman–Crippen MR) is 101 cm³/mol. The Labute approximate surface area is 161 Å². The number of hydrogen-bond donors (Lipinski definition) is 3. The number of rotatable bonds is 8. The normalized spacial score (nSPS) is 11.6. The first-order chi connectivity index (χ1) is 12.9. The number of amides is 4. The number of primary amides is 1. The fourth-order valence-electron chi connectivity index (χ4n) is 2.15. The first-order valence-corrected chi connectivity index (χ1v) is 9.20. The van der Waals surface area contributed by atoms with E-state index in [2.05, 4.69) is 20.8 Å². The Morgan fingerprint density at radius 2 is 1.93 bits per heavy atom. The average Bonchev–Trinajstić information content (AvgIpc) is 2.98. The molecule has 2 rings (SSSR count). The third-order valence-corrected chi connectivity index (χ3v) is 4.84. The van der Waals surface area contributed by atoms with Gasteiger partial charge in [0, 0.05) is 26.4 Å². The van der Waals surface area contributed by atoms with Crippen molar-refractivity contribution in [3.05, 3.63) is 41.7 Å². The molecule has 1 aromatic heterocycles. The van der Waals surface area contributed by atoms with Crippen LogP contribution in [-0.2, 0) is 29.6 Å². The van der Waals surface area contributed by atoms with Crippen molar-refractivity contribution in [2.24, 2.45) is 12.8 Å². The van der Waals surface area contributed by atoms with Crippen molar-refractivity contribution >= 4 is 29.6 Å². The van der Waals surface area contributed by atoms with E-state index in [1.54, 1.807) is 18.5 Å². The summed E-state index contributed by atoms with van der Waals surface area (Å²) >= 11 is 1.17. The van der Waals surface area contributed by atoms with Crippen molar-refractivity contribution in [3.8, 4) is 0 Å². The number of carbonyl (C=O) groups excluding carboxylic acids is 3. The van der Waals surface area contributed by atoms with Crippen molar-refractivity contribution in [1.29, 1.82) is 0 Å². The Morgan fingerprint density at radius 1 is 1.22 bits per heavy atom. The molecule has 0 saturated carbocycles. The van der Waals surface area contributed by atoms with Crippen molar-refractivity contribution in [2.75, 3.05) is 0 Å². The van der Waals surface area contributed by atoms with Crippen LogP contribution in [-0.4, -0.2) is 37.9 Å². The quantitative estimate of drug-likeness (QED) is 0.570. The summed E-state index contributed by atoms with van der Waals surface area (Å²) in [5.41, 5.74) is 6.07. The molecule has 0 unspecified atom stereocenters. The molecule has 0 bridgehead atoms. The number of aromatic nitrogens is 3. The van der Waals surface area contributed by atoms with Gasteiger partial charge < -0.3 is 15.6 Å². The van der Waals surface area contributed by atoms with E-state index in [0.717, 1.165) is 5.56 Å². The van der Waals surface area contributed by atoms with Crippen molar-refractivity contribution in [1.82, 2.24) is 25.4 Å². The van der Waals surface area contributed by atoms with Crippen molar-refractivity contribution in [2.45, 2.75) is 36.7 Å². The lowest BCUT2D eigenvalue weighted by Gasteiger charge is -2.11. The van der Waals surface area contributed by atoms with E-state index in [1.165, 1.54) is 11.8 Å². The van der Waals surface area contributed by atoms with Gasteiger partial charge in [-0.2, -0.15) is 0 Å². The average molecular weight is 390 g/mol. The standard InChI is InChI=1S/C17H22N6O3S/c1-11(27-17-22-21-14(23(17)2)9-8-13(18)24)15(25)20-16(26)19-10-12-6-4-3-5-7-12/h3-7,11H,8-10H2,1-2H3,(H2,18,24)(H2,19,20,25,26)/t11-/m0/s1. The van der Waals surface area contributed by atoms with Gasteiger partial charge in [-0.25, -0.2) is 4.79 Å². The van der Waals surface area contributed by atoms with Crippen LogP contribution in [0.1, 0.15) is 24.7 Å². The first kappa shape index (κ1) is 20.4. The van der Waals surface area contributed by atoms with E-state index in [0.29, 0.717) is 23.9 Å². The molecule has 27 heavy (non-hydrogen) atoms. The molecule has 1 heterocycles.